The van der Waals surface area contributed by atoms with Crippen molar-refractivity contribution in [2.45, 2.75) is 38.2 Å². The highest BCUT2D eigenvalue weighted by Crippen LogP contribution is 2.31. The van der Waals surface area contributed by atoms with E-state index in [1.54, 1.807) is 6.07 Å². The number of hydrogen-bond donors (Lipinski definition) is 3. The van der Waals surface area contributed by atoms with Gasteiger partial charge in [0.25, 0.3) is 0 Å². The molecule has 0 saturated heterocycles. The summed E-state index contributed by atoms with van der Waals surface area (Å²) < 4.78 is 0. The topological polar surface area (TPSA) is 84.1 Å². The summed E-state index contributed by atoms with van der Waals surface area (Å²) in [4.78, 5) is 7.88. The average Bonchev–Trinajstić information content (AvgIpc) is 2.31. The molecule has 0 radical (unpaired) electrons. The Balaban J connectivity index is 1.89. The van der Waals surface area contributed by atoms with Crippen molar-refractivity contribution in [1.82, 2.24) is 9.97 Å². The highest BCUT2D eigenvalue weighted by Gasteiger charge is 2.31. The number of nitrogens with two attached hydrogens (primary N) is 1. The van der Waals surface area contributed by atoms with E-state index in [1.807, 2.05) is 0 Å². The van der Waals surface area contributed by atoms with E-state index in [4.69, 9.17) is 5.73 Å². The lowest BCUT2D eigenvalue weighted by atomic mass is 9.79. The smallest absolute Gasteiger partial charge is 0.131 e. The number of rotatable bonds is 3. The molecule has 17 heavy (non-hydrogen) atoms. The maximum atomic E-state index is 10.4. The van der Waals surface area contributed by atoms with Crippen LogP contribution >= 0.6 is 0 Å². The van der Waals surface area contributed by atoms with Gasteiger partial charge in [-0.3, -0.25) is 0 Å². The third-order valence-corrected chi connectivity index (χ3v) is 3.49. The summed E-state index contributed by atoms with van der Waals surface area (Å²) in [5.74, 6) is 1.83. The van der Waals surface area contributed by atoms with Gasteiger partial charge in [-0.15, -0.1) is 0 Å². The highest BCUT2D eigenvalue weighted by atomic mass is 16.3. The SMILES string of the molecule is CC1CCC(O)(CNc2cc(N)ncn2)CC1. The summed E-state index contributed by atoms with van der Waals surface area (Å²) in [5, 5.41) is 13.5. The number of nitrogens with one attached hydrogen (secondary N) is 1. The Kier molecular flexibility index (Phi) is 3.47. The van der Waals surface area contributed by atoms with Crippen LogP contribution in [0.2, 0.25) is 0 Å². The van der Waals surface area contributed by atoms with Gasteiger partial charge >= 0.3 is 0 Å². The van der Waals surface area contributed by atoms with Crippen LogP contribution in [0.5, 0.6) is 0 Å². The van der Waals surface area contributed by atoms with Gasteiger partial charge in [0.15, 0.2) is 0 Å². The molecular weight excluding hydrogens is 216 g/mol. The Bertz CT molecular complexity index is 375. The van der Waals surface area contributed by atoms with Crippen molar-refractivity contribution in [2.75, 3.05) is 17.6 Å². The number of nitrogen functional groups attached to an aromatic ring is 1. The van der Waals surface area contributed by atoms with Crippen LogP contribution in [0, 0.1) is 5.92 Å². The first kappa shape index (κ1) is 12.1. The second-order valence-corrected chi connectivity index (χ2v) is 5.09. The molecule has 0 unspecified atom stereocenters. The van der Waals surface area contributed by atoms with Gasteiger partial charge in [0.05, 0.1) is 5.60 Å². The quantitative estimate of drug-likeness (QED) is 0.739. The fourth-order valence-corrected chi connectivity index (χ4v) is 2.20. The van der Waals surface area contributed by atoms with Crippen LogP contribution in [-0.4, -0.2) is 27.2 Å². The Morgan fingerprint density at radius 1 is 1.47 bits per heavy atom. The molecule has 1 aromatic heterocycles. The Morgan fingerprint density at radius 3 is 2.82 bits per heavy atom. The maximum Gasteiger partial charge on any atom is 0.131 e. The molecule has 0 atom stereocenters. The van der Waals surface area contributed by atoms with Crippen LogP contribution in [-0.2, 0) is 0 Å². The largest absolute Gasteiger partial charge is 0.388 e. The lowest BCUT2D eigenvalue weighted by Crippen LogP contribution is -2.40. The molecule has 1 aliphatic carbocycles. The molecule has 1 aromatic rings. The molecule has 0 aliphatic heterocycles. The van der Waals surface area contributed by atoms with E-state index >= 15 is 0 Å². The molecule has 1 saturated carbocycles. The molecule has 0 aromatic carbocycles. The van der Waals surface area contributed by atoms with E-state index in [2.05, 4.69) is 22.2 Å². The number of aliphatic hydroxyl groups is 1. The van der Waals surface area contributed by atoms with E-state index in [1.165, 1.54) is 6.33 Å². The number of nitrogens with zero attached hydrogens (tertiary/aromatic N) is 2. The third kappa shape index (κ3) is 3.30. The minimum absolute atomic E-state index is 0.437. The monoisotopic (exact) mass is 236 g/mol. The second kappa shape index (κ2) is 4.87. The summed E-state index contributed by atoms with van der Waals surface area (Å²) >= 11 is 0. The van der Waals surface area contributed by atoms with Crippen molar-refractivity contribution < 1.29 is 5.11 Å². The molecule has 0 amide bonds. The van der Waals surface area contributed by atoms with Gasteiger partial charge in [0, 0.05) is 12.6 Å². The molecule has 0 bridgehead atoms. The molecular formula is C12H20N4O. The van der Waals surface area contributed by atoms with Crippen LogP contribution in [0.15, 0.2) is 12.4 Å². The first-order valence-electron chi connectivity index (χ1n) is 6.11. The molecule has 4 N–H and O–H groups in total. The fourth-order valence-electron chi connectivity index (χ4n) is 2.20. The van der Waals surface area contributed by atoms with Crippen molar-refractivity contribution in [3.8, 4) is 0 Å². The molecule has 1 fully saturated rings. The van der Waals surface area contributed by atoms with Crippen LogP contribution in [0.1, 0.15) is 32.6 Å². The van der Waals surface area contributed by atoms with Crippen LogP contribution < -0.4 is 11.1 Å². The van der Waals surface area contributed by atoms with Crippen LogP contribution in [0.4, 0.5) is 11.6 Å². The van der Waals surface area contributed by atoms with Crippen molar-refractivity contribution >= 4 is 11.6 Å². The summed E-state index contributed by atoms with van der Waals surface area (Å²) in [6, 6.07) is 1.68. The van der Waals surface area contributed by atoms with Crippen molar-refractivity contribution in [2.24, 2.45) is 5.92 Å². The molecule has 5 heteroatoms. The number of hydrogen-bond acceptors (Lipinski definition) is 5. The minimum atomic E-state index is -0.605. The molecule has 5 nitrogen and oxygen atoms in total. The normalized spacial score (nSPS) is 28.9. The molecule has 0 spiro atoms. The number of aromatic nitrogens is 2. The first-order chi connectivity index (χ1) is 8.07. The van der Waals surface area contributed by atoms with Gasteiger partial charge in [-0.05, 0) is 31.6 Å². The fraction of sp³-hybridized carbons (Fsp3) is 0.667. The van der Waals surface area contributed by atoms with E-state index in [0.29, 0.717) is 18.2 Å². The Morgan fingerprint density at radius 2 is 2.18 bits per heavy atom. The summed E-state index contributed by atoms with van der Waals surface area (Å²) in [5.41, 5.74) is 4.96. The van der Waals surface area contributed by atoms with Gasteiger partial charge in [0.1, 0.15) is 18.0 Å². The highest BCUT2D eigenvalue weighted by molar-refractivity contribution is 5.43. The zero-order chi connectivity index (χ0) is 12.3. The molecule has 2 rings (SSSR count). The summed E-state index contributed by atoms with van der Waals surface area (Å²) in [7, 11) is 0. The first-order valence-corrected chi connectivity index (χ1v) is 6.11. The molecule has 1 heterocycles. The lowest BCUT2D eigenvalue weighted by molar-refractivity contribution is 0.00494. The third-order valence-electron chi connectivity index (χ3n) is 3.49. The standard InChI is InChI=1S/C12H20N4O/c1-9-2-4-12(17,5-3-9)7-14-11-6-10(13)15-8-16-11/h6,8-9,17H,2-5,7H2,1H3,(H3,13,14,15,16). The average molecular weight is 236 g/mol. The van der Waals surface area contributed by atoms with Gasteiger partial charge in [-0.1, -0.05) is 6.92 Å². The van der Waals surface area contributed by atoms with Gasteiger partial charge in [0.2, 0.25) is 0 Å². The predicted molar refractivity (Wildman–Crippen MR) is 67.5 cm³/mol. The Hall–Kier alpha value is -1.36. The van der Waals surface area contributed by atoms with E-state index in [9.17, 15) is 5.11 Å². The molecule has 94 valence electrons. The summed E-state index contributed by atoms with van der Waals surface area (Å²) in [6.45, 7) is 2.76. The number of anilines is 2. The molecule has 1 aliphatic rings. The Labute approximate surface area is 101 Å². The van der Waals surface area contributed by atoms with Crippen LogP contribution in [0.3, 0.4) is 0 Å². The van der Waals surface area contributed by atoms with Crippen molar-refractivity contribution in [3.63, 3.8) is 0 Å². The zero-order valence-electron chi connectivity index (χ0n) is 10.2. The van der Waals surface area contributed by atoms with Gasteiger partial charge in [-0.2, -0.15) is 0 Å². The van der Waals surface area contributed by atoms with Crippen LogP contribution in [0.25, 0.3) is 0 Å². The van der Waals surface area contributed by atoms with E-state index in [-0.39, 0.29) is 0 Å². The van der Waals surface area contributed by atoms with E-state index in [0.717, 1.165) is 31.6 Å². The van der Waals surface area contributed by atoms with Gasteiger partial charge in [-0.25, -0.2) is 9.97 Å². The second-order valence-electron chi connectivity index (χ2n) is 5.09. The van der Waals surface area contributed by atoms with Crippen molar-refractivity contribution in [1.29, 1.82) is 0 Å². The van der Waals surface area contributed by atoms with Gasteiger partial charge < -0.3 is 16.2 Å². The van der Waals surface area contributed by atoms with Crippen molar-refractivity contribution in [3.05, 3.63) is 12.4 Å². The lowest BCUT2D eigenvalue weighted by Gasteiger charge is -2.35. The predicted octanol–water partition coefficient (Wildman–Crippen LogP) is 1.41. The zero-order valence-corrected chi connectivity index (χ0v) is 10.2. The van der Waals surface area contributed by atoms with E-state index < -0.39 is 5.60 Å². The minimum Gasteiger partial charge on any atom is -0.388 e. The summed E-state index contributed by atoms with van der Waals surface area (Å²) in [6.07, 6.45) is 5.29. The maximum absolute atomic E-state index is 10.4.